The van der Waals surface area contributed by atoms with Crippen molar-refractivity contribution in [1.82, 2.24) is 10.2 Å². The SMILES string of the molecule is Oc1c([C@@H](CC2CC2)N2CCNCC2)ccc(Cl)c1Br. The Kier molecular flexibility index (Phi) is 4.55. The lowest BCUT2D eigenvalue weighted by Gasteiger charge is -2.35. The van der Waals surface area contributed by atoms with Crippen molar-refractivity contribution in [2.75, 3.05) is 26.2 Å². The smallest absolute Gasteiger partial charge is 0.136 e. The minimum Gasteiger partial charge on any atom is -0.506 e. The van der Waals surface area contributed by atoms with Crippen molar-refractivity contribution in [2.24, 2.45) is 5.92 Å². The maximum Gasteiger partial charge on any atom is 0.136 e. The van der Waals surface area contributed by atoms with Gasteiger partial charge in [0, 0.05) is 37.8 Å². The Morgan fingerprint density at radius 1 is 1.35 bits per heavy atom. The zero-order valence-electron chi connectivity index (χ0n) is 11.4. The van der Waals surface area contributed by atoms with Crippen LogP contribution in [0.3, 0.4) is 0 Å². The second-order valence-corrected chi connectivity index (χ2v) is 6.98. The van der Waals surface area contributed by atoms with Crippen molar-refractivity contribution in [1.29, 1.82) is 0 Å². The molecule has 1 saturated carbocycles. The predicted octanol–water partition coefficient (Wildman–Crippen LogP) is 3.55. The highest BCUT2D eigenvalue weighted by Gasteiger charge is 2.32. The molecule has 110 valence electrons. The van der Waals surface area contributed by atoms with Gasteiger partial charge < -0.3 is 10.4 Å². The van der Waals surface area contributed by atoms with Gasteiger partial charge in [0.1, 0.15) is 5.75 Å². The molecule has 1 saturated heterocycles. The Balaban J connectivity index is 1.89. The lowest BCUT2D eigenvalue weighted by molar-refractivity contribution is 0.158. The summed E-state index contributed by atoms with van der Waals surface area (Å²) in [6, 6.07) is 4.17. The summed E-state index contributed by atoms with van der Waals surface area (Å²) in [4.78, 5) is 2.49. The van der Waals surface area contributed by atoms with E-state index in [9.17, 15) is 5.11 Å². The number of halogens is 2. The Morgan fingerprint density at radius 3 is 2.70 bits per heavy atom. The van der Waals surface area contributed by atoms with E-state index in [1.807, 2.05) is 12.1 Å². The number of nitrogens with zero attached hydrogens (tertiary/aromatic N) is 1. The van der Waals surface area contributed by atoms with Crippen LogP contribution in [0, 0.1) is 5.92 Å². The molecule has 2 fully saturated rings. The molecule has 20 heavy (non-hydrogen) atoms. The molecule has 2 aliphatic rings. The number of phenolic OH excluding ortho intramolecular Hbond substituents is 1. The Hall–Kier alpha value is -0.290. The molecule has 5 heteroatoms. The average Bonchev–Trinajstić information content (AvgIpc) is 3.28. The van der Waals surface area contributed by atoms with Crippen molar-refractivity contribution < 1.29 is 5.11 Å². The first-order valence-electron chi connectivity index (χ1n) is 7.28. The summed E-state index contributed by atoms with van der Waals surface area (Å²) in [5.74, 6) is 1.13. The third kappa shape index (κ3) is 3.14. The third-order valence-electron chi connectivity index (χ3n) is 4.31. The summed E-state index contributed by atoms with van der Waals surface area (Å²) in [6.07, 6.45) is 3.80. The number of hydrogen-bond acceptors (Lipinski definition) is 3. The standard InChI is InChI=1S/C15H20BrClN2O/c16-14-12(17)4-3-11(15(14)20)13(9-10-1-2-10)19-7-5-18-6-8-19/h3-4,10,13,18,20H,1-2,5-9H2/t13-/m1/s1. The van der Waals surface area contributed by atoms with Crippen LogP contribution in [0.2, 0.25) is 5.02 Å². The van der Waals surface area contributed by atoms with Crippen LogP contribution in [0.25, 0.3) is 0 Å². The number of aromatic hydroxyl groups is 1. The molecule has 2 N–H and O–H groups in total. The highest BCUT2D eigenvalue weighted by molar-refractivity contribution is 9.10. The van der Waals surface area contributed by atoms with Crippen molar-refractivity contribution >= 4 is 27.5 Å². The van der Waals surface area contributed by atoms with E-state index in [1.165, 1.54) is 12.8 Å². The molecule has 1 aromatic rings. The van der Waals surface area contributed by atoms with E-state index in [2.05, 4.69) is 26.1 Å². The molecule has 0 aromatic heterocycles. The van der Waals surface area contributed by atoms with Gasteiger partial charge in [-0.3, -0.25) is 4.90 Å². The van der Waals surface area contributed by atoms with Gasteiger partial charge in [-0.15, -0.1) is 0 Å². The molecule has 0 radical (unpaired) electrons. The van der Waals surface area contributed by atoms with Gasteiger partial charge in [-0.05, 0) is 34.3 Å². The lowest BCUT2D eigenvalue weighted by Crippen LogP contribution is -2.45. The molecule has 1 aliphatic carbocycles. The first-order chi connectivity index (χ1) is 9.66. The van der Waals surface area contributed by atoms with Gasteiger partial charge in [0.25, 0.3) is 0 Å². The van der Waals surface area contributed by atoms with Gasteiger partial charge in [0.15, 0.2) is 0 Å². The zero-order valence-corrected chi connectivity index (χ0v) is 13.8. The first kappa shape index (κ1) is 14.6. The molecule has 1 heterocycles. The van der Waals surface area contributed by atoms with Gasteiger partial charge in [-0.25, -0.2) is 0 Å². The van der Waals surface area contributed by atoms with Crippen molar-refractivity contribution in [3.8, 4) is 5.75 Å². The van der Waals surface area contributed by atoms with Crippen LogP contribution in [0.5, 0.6) is 5.75 Å². The lowest BCUT2D eigenvalue weighted by atomic mass is 9.98. The molecular formula is C15H20BrClN2O. The third-order valence-corrected chi connectivity index (χ3v) is 5.65. The number of nitrogens with one attached hydrogen (secondary N) is 1. The van der Waals surface area contributed by atoms with E-state index in [0.29, 0.717) is 21.3 Å². The van der Waals surface area contributed by atoms with Crippen molar-refractivity contribution in [3.63, 3.8) is 0 Å². The van der Waals surface area contributed by atoms with Gasteiger partial charge in [0.2, 0.25) is 0 Å². The molecule has 0 bridgehead atoms. The van der Waals surface area contributed by atoms with E-state index in [4.69, 9.17) is 11.6 Å². The Morgan fingerprint density at radius 2 is 2.05 bits per heavy atom. The summed E-state index contributed by atoms with van der Waals surface area (Å²) in [5.41, 5.74) is 1.01. The van der Waals surface area contributed by atoms with Gasteiger partial charge in [-0.1, -0.05) is 30.5 Å². The Bertz CT molecular complexity index is 487. The molecule has 1 atom stereocenters. The predicted molar refractivity (Wildman–Crippen MR) is 85.3 cm³/mol. The summed E-state index contributed by atoms with van der Waals surface area (Å²) < 4.78 is 0.618. The van der Waals surface area contributed by atoms with Crippen LogP contribution >= 0.6 is 27.5 Å². The number of phenols is 1. The molecular weight excluding hydrogens is 340 g/mol. The monoisotopic (exact) mass is 358 g/mol. The van der Waals surface area contributed by atoms with Crippen LogP contribution in [0.4, 0.5) is 0 Å². The highest BCUT2D eigenvalue weighted by atomic mass is 79.9. The van der Waals surface area contributed by atoms with Crippen LogP contribution in [0.15, 0.2) is 16.6 Å². The van der Waals surface area contributed by atoms with Crippen molar-refractivity contribution in [2.45, 2.75) is 25.3 Å². The molecule has 0 spiro atoms. The largest absolute Gasteiger partial charge is 0.506 e. The van der Waals surface area contributed by atoms with E-state index in [0.717, 1.165) is 44.1 Å². The van der Waals surface area contributed by atoms with Gasteiger partial charge in [0.05, 0.1) is 9.50 Å². The Labute approximate surface area is 133 Å². The maximum atomic E-state index is 10.4. The number of benzene rings is 1. The maximum absolute atomic E-state index is 10.4. The van der Waals surface area contributed by atoms with Crippen molar-refractivity contribution in [3.05, 3.63) is 27.2 Å². The highest BCUT2D eigenvalue weighted by Crippen LogP contribution is 2.45. The number of piperazine rings is 1. The van der Waals surface area contributed by atoms with E-state index in [-0.39, 0.29) is 0 Å². The first-order valence-corrected chi connectivity index (χ1v) is 8.45. The number of rotatable bonds is 4. The minimum absolute atomic E-state index is 0.304. The minimum atomic E-state index is 0.304. The van der Waals surface area contributed by atoms with Crippen LogP contribution in [-0.4, -0.2) is 36.2 Å². The van der Waals surface area contributed by atoms with Crippen LogP contribution in [0.1, 0.15) is 30.9 Å². The second kappa shape index (κ2) is 6.22. The van der Waals surface area contributed by atoms with Crippen LogP contribution in [-0.2, 0) is 0 Å². The fourth-order valence-electron chi connectivity index (χ4n) is 2.96. The summed E-state index contributed by atoms with van der Waals surface area (Å²) in [6.45, 7) is 4.13. The van der Waals surface area contributed by atoms with Gasteiger partial charge >= 0.3 is 0 Å². The zero-order chi connectivity index (χ0) is 14.1. The van der Waals surface area contributed by atoms with E-state index >= 15 is 0 Å². The van der Waals surface area contributed by atoms with Crippen LogP contribution < -0.4 is 5.32 Å². The summed E-state index contributed by atoms with van der Waals surface area (Å²) in [7, 11) is 0. The fraction of sp³-hybridized carbons (Fsp3) is 0.600. The molecule has 1 aromatic carbocycles. The van der Waals surface area contributed by atoms with E-state index < -0.39 is 0 Å². The molecule has 0 amide bonds. The van der Waals surface area contributed by atoms with Gasteiger partial charge in [-0.2, -0.15) is 0 Å². The topological polar surface area (TPSA) is 35.5 Å². The molecule has 1 aliphatic heterocycles. The average molecular weight is 360 g/mol. The quantitative estimate of drug-likeness (QED) is 0.863. The molecule has 3 rings (SSSR count). The fourth-order valence-corrected chi connectivity index (χ4v) is 3.47. The van der Waals surface area contributed by atoms with E-state index in [1.54, 1.807) is 0 Å². The normalized spacial score (nSPS) is 21.9. The molecule has 3 nitrogen and oxygen atoms in total. The second-order valence-electron chi connectivity index (χ2n) is 5.78. The summed E-state index contributed by atoms with van der Waals surface area (Å²) >= 11 is 9.46. The molecule has 0 unspecified atom stereocenters. The summed E-state index contributed by atoms with van der Waals surface area (Å²) in [5, 5.41) is 14.4. The number of hydrogen-bond donors (Lipinski definition) is 2.